The van der Waals surface area contributed by atoms with Crippen molar-refractivity contribution in [3.63, 3.8) is 0 Å². The van der Waals surface area contributed by atoms with Crippen molar-refractivity contribution in [1.82, 2.24) is 4.90 Å². The van der Waals surface area contributed by atoms with Gasteiger partial charge in [0.15, 0.2) is 0 Å². The maximum atomic E-state index is 13.5. The first-order valence-corrected chi connectivity index (χ1v) is 5.67. The molecule has 1 amide bonds. The molecule has 1 aromatic carbocycles. The van der Waals surface area contributed by atoms with Crippen LogP contribution < -0.4 is 0 Å². The van der Waals surface area contributed by atoms with E-state index < -0.39 is 17.8 Å². The molecule has 0 aromatic heterocycles. The van der Waals surface area contributed by atoms with Gasteiger partial charge in [-0.25, -0.2) is 4.39 Å². The molecule has 1 saturated heterocycles. The predicted octanol–water partition coefficient (Wildman–Crippen LogP) is 2.61. The van der Waals surface area contributed by atoms with Crippen LogP contribution in [0.4, 0.5) is 4.39 Å². The molecule has 17 heavy (non-hydrogen) atoms. The first-order valence-electron chi connectivity index (χ1n) is 5.29. The molecular weight excluding hydrogens is 243 g/mol. The minimum Gasteiger partial charge on any atom is -0.323 e. The van der Waals surface area contributed by atoms with Gasteiger partial charge < -0.3 is 4.90 Å². The van der Waals surface area contributed by atoms with E-state index in [1.807, 2.05) is 6.07 Å². The van der Waals surface area contributed by atoms with E-state index in [0.29, 0.717) is 18.0 Å². The fraction of sp³-hybridized carbons (Fsp3) is 0.333. The Morgan fingerprint density at radius 1 is 1.59 bits per heavy atom. The number of hydrogen-bond donors (Lipinski definition) is 0. The molecular formula is C12H10ClFN2O. The van der Waals surface area contributed by atoms with E-state index in [1.165, 1.54) is 17.0 Å². The number of halogens is 2. The lowest BCUT2D eigenvalue weighted by Crippen LogP contribution is -2.35. The monoisotopic (exact) mass is 252 g/mol. The van der Waals surface area contributed by atoms with Crippen LogP contribution in [-0.2, 0) is 0 Å². The van der Waals surface area contributed by atoms with Gasteiger partial charge in [0.25, 0.3) is 5.91 Å². The SMILES string of the molecule is N#CC1CCCN1C(=O)c1cc(Cl)ccc1F. The smallest absolute Gasteiger partial charge is 0.257 e. The highest BCUT2D eigenvalue weighted by atomic mass is 35.5. The molecule has 88 valence electrons. The molecule has 0 N–H and O–H groups in total. The number of carbonyl (C=O) groups excluding carboxylic acids is 1. The van der Waals surface area contributed by atoms with Gasteiger partial charge in [-0.1, -0.05) is 11.6 Å². The summed E-state index contributed by atoms with van der Waals surface area (Å²) in [6, 6.07) is 5.44. The summed E-state index contributed by atoms with van der Waals surface area (Å²) < 4.78 is 13.5. The zero-order valence-corrected chi connectivity index (χ0v) is 9.75. The number of amides is 1. The Labute approximate surface area is 103 Å². The van der Waals surface area contributed by atoms with Gasteiger partial charge in [0.2, 0.25) is 0 Å². The maximum absolute atomic E-state index is 13.5. The van der Waals surface area contributed by atoms with E-state index in [0.717, 1.165) is 12.5 Å². The molecule has 0 bridgehead atoms. The van der Waals surface area contributed by atoms with Crippen LogP contribution in [0.1, 0.15) is 23.2 Å². The molecule has 0 spiro atoms. The van der Waals surface area contributed by atoms with E-state index in [-0.39, 0.29) is 5.56 Å². The quantitative estimate of drug-likeness (QED) is 0.771. The van der Waals surface area contributed by atoms with Crippen LogP contribution in [0.5, 0.6) is 0 Å². The first-order chi connectivity index (χ1) is 8.13. The Morgan fingerprint density at radius 2 is 2.35 bits per heavy atom. The summed E-state index contributed by atoms with van der Waals surface area (Å²) in [4.78, 5) is 13.5. The van der Waals surface area contributed by atoms with Crippen molar-refractivity contribution in [2.45, 2.75) is 18.9 Å². The van der Waals surface area contributed by atoms with Gasteiger partial charge >= 0.3 is 0 Å². The summed E-state index contributed by atoms with van der Waals surface area (Å²) in [6.07, 6.45) is 1.41. The van der Waals surface area contributed by atoms with Crippen molar-refractivity contribution in [3.8, 4) is 6.07 Å². The van der Waals surface area contributed by atoms with Crippen LogP contribution in [0, 0.1) is 17.1 Å². The van der Waals surface area contributed by atoms with E-state index >= 15 is 0 Å². The van der Waals surface area contributed by atoms with E-state index in [1.54, 1.807) is 0 Å². The summed E-state index contributed by atoms with van der Waals surface area (Å²) in [5.41, 5.74) is -0.0698. The number of benzene rings is 1. The van der Waals surface area contributed by atoms with Gasteiger partial charge in [0.1, 0.15) is 11.9 Å². The van der Waals surface area contributed by atoms with Crippen molar-refractivity contribution in [3.05, 3.63) is 34.6 Å². The summed E-state index contributed by atoms with van der Waals surface area (Å²) in [7, 11) is 0. The van der Waals surface area contributed by atoms with Crippen molar-refractivity contribution in [1.29, 1.82) is 5.26 Å². The standard InChI is InChI=1S/C12H10ClFN2O/c13-8-3-4-11(14)10(6-8)12(17)16-5-1-2-9(16)7-15/h3-4,6,9H,1-2,5H2. The molecule has 0 aliphatic carbocycles. The maximum Gasteiger partial charge on any atom is 0.257 e. The van der Waals surface area contributed by atoms with Crippen LogP contribution in [-0.4, -0.2) is 23.4 Å². The second kappa shape index (κ2) is 4.72. The zero-order chi connectivity index (χ0) is 12.4. The second-order valence-electron chi connectivity index (χ2n) is 3.91. The third kappa shape index (κ3) is 2.25. The molecule has 0 saturated carbocycles. The average molecular weight is 253 g/mol. The van der Waals surface area contributed by atoms with Crippen LogP contribution >= 0.6 is 11.6 Å². The van der Waals surface area contributed by atoms with Crippen molar-refractivity contribution >= 4 is 17.5 Å². The lowest BCUT2D eigenvalue weighted by atomic mass is 10.1. The minimum absolute atomic E-state index is 0.0698. The van der Waals surface area contributed by atoms with Gasteiger partial charge in [-0.3, -0.25) is 4.79 Å². The molecule has 1 unspecified atom stereocenters. The highest BCUT2D eigenvalue weighted by Crippen LogP contribution is 2.22. The van der Waals surface area contributed by atoms with Gasteiger partial charge in [-0.2, -0.15) is 5.26 Å². The van der Waals surface area contributed by atoms with Crippen LogP contribution in [0.25, 0.3) is 0 Å². The largest absolute Gasteiger partial charge is 0.323 e. The Balaban J connectivity index is 2.31. The number of carbonyl (C=O) groups is 1. The average Bonchev–Trinajstić information content (AvgIpc) is 2.79. The van der Waals surface area contributed by atoms with Crippen molar-refractivity contribution < 1.29 is 9.18 Å². The molecule has 0 radical (unpaired) electrons. The predicted molar refractivity (Wildman–Crippen MR) is 61.1 cm³/mol. The lowest BCUT2D eigenvalue weighted by molar-refractivity contribution is 0.0760. The first kappa shape index (κ1) is 11.9. The number of likely N-dealkylation sites (tertiary alicyclic amines) is 1. The highest BCUT2D eigenvalue weighted by Gasteiger charge is 2.30. The number of nitrogens with zero attached hydrogens (tertiary/aromatic N) is 2. The highest BCUT2D eigenvalue weighted by molar-refractivity contribution is 6.31. The molecule has 3 nitrogen and oxygen atoms in total. The molecule has 1 fully saturated rings. The molecule has 1 aliphatic heterocycles. The van der Waals surface area contributed by atoms with E-state index in [2.05, 4.69) is 0 Å². The number of nitriles is 1. The Hall–Kier alpha value is -1.60. The van der Waals surface area contributed by atoms with Gasteiger partial charge in [-0.15, -0.1) is 0 Å². The summed E-state index contributed by atoms with van der Waals surface area (Å²) in [5.74, 6) is -1.07. The Bertz CT molecular complexity index is 498. The number of hydrogen-bond acceptors (Lipinski definition) is 2. The normalized spacial score (nSPS) is 19.1. The van der Waals surface area contributed by atoms with Crippen molar-refractivity contribution in [2.75, 3.05) is 6.54 Å². The lowest BCUT2D eigenvalue weighted by Gasteiger charge is -2.19. The molecule has 2 rings (SSSR count). The molecule has 1 atom stereocenters. The fourth-order valence-corrected chi connectivity index (χ4v) is 2.13. The Morgan fingerprint density at radius 3 is 3.06 bits per heavy atom. The van der Waals surface area contributed by atoms with E-state index in [4.69, 9.17) is 16.9 Å². The van der Waals surface area contributed by atoms with Crippen molar-refractivity contribution in [2.24, 2.45) is 0 Å². The minimum atomic E-state index is -0.608. The van der Waals surface area contributed by atoms with Gasteiger partial charge in [0, 0.05) is 11.6 Å². The fourth-order valence-electron chi connectivity index (χ4n) is 1.96. The summed E-state index contributed by atoms with van der Waals surface area (Å²) in [5, 5.41) is 9.20. The molecule has 1 aromatic rings. The second-order valence-corrected chi connectivity index (χ2v) is 4.35. The molecule has 5 heteroatoms. The zero-order valence-electron chi connectivity index (χ0n) is 8.99. The number of rotatable bonds is 1. The van der Waals surface area contributed by atoms with E-state index in [9.17, 15) is 9.18 Å². The summed E-state index contributed by atoms with van der Waals surface area (Å²) in [6.45, 7) is 0.489. The van der Waals surface area contributed by atoms with Gasteiger partial charge in [0.05, 0.1) is 11.6 Å². The van der Waals surface area contributed by atoms with Crippen LogP contribution in [0.15, 0.2) is 18.2 Å². The summed E-state index contributed by atoms with van der Waals surface area (Å²) >= 11 is 5.74. The van der Waals surface area contributed by atoms with Gasteiger partial charge in [-0.05, 0) is 31.0 Å². The molecule has 1 aliphatic rings. The molecule has 1 heterocycles. The Kier molecular flexibility index (Phi) is 3.30. The third-order valence-electron chi connectivity index (χ3n) is 2.82. The third-order valence-corrected chi connectivity index (χ3v) is 3.06. The van der Waals surface area contributed by atoms with Crippen LogP contribution in [0.2, 0.25) is 5.02 Å². The topological polar surface area (TPSA) is 44.1 Å². The van der Waals surface area contributed by atoms with Crippen LogP contribution in [0.3, 0.4) is 0 Å².